The Morgan fingerprint density at radius 1 is 1.10 bits per heavy atom. The van der Waals surface area contributed by atoms with E-state index >= 15 is 0 Å². The van der Waals surface area contributed by atoms with Crippen molar-refractivity contribution in [1.29, 1.82) is 0 Å². The molecule has 1 aliphatic heterocycles. The van der Waals surface area contributed by atoms with E-state index in [2.05, 4.69) is 29.2 Å². The molecule has 2 N–H and O–H groups in total. The van der Waals surface area contributed by atoms with Crippen LogP contribution < -0.4 is 10.1 Å². The molecule has 0 radical (unpaired) electrons. The lowest BCUT2D eigenvalue weighted by atomic mass is 10.0. The first-order valence-corrected chi connectivity index (χ1v) is 16.8. The van der Waals surface area contributed by atoms with E-state index in [0.717, 1.165) is 54.4 Å². The molecule has 6 rings (SSSR count). The number of rotatable bonds is 11. The molecule has 0 unspecified atom stereocenters. The van der Waals surface area contributed by atoms with E-state index in [-0.39, 0.29) is 29.9 Å². The van der Waals surface area contributed by atoms with Gasteiger partial charge in [-0.1, -0.05) is 28.9 Å². The number of hydrogen-bond acceptors (Lipinski definition) is 9. The lowest BCUT2D eigenvalue weighted by Gasteiger charge is -2.34. The molecular weight excluding hydrogens is 672 g/mol. The molecule has 0 saturated carbocycles. The number of nitro groups is 1. The number of amides is 1. The van der Waals surface area contributed by atoms with Gasteiger partial charge in [0.1, 0.15) is 22.8 Å². The Hall–Kier alpha value is -4.92. The smallest absolute Gasteiger partial charge is 0.352 e. The van der Waals surface area contributed by atoms with Gasteiger partial charge in [-0.3, -0.25) is 14.9 Å². The number of nitrogens with zero attached hydrogens (tertiary/aromatic N) is 5. The van der Waals surface area contributed by atoms with Crippen molar-refractivity contribution >= 4 is 40.5 Å². The van der Waals surface area contributed by atoms with Gasteiger partial charge in [0.05, 0.1) is 34.0 Å². The van der Waals surface area contributed by atoms with E-state index in [0.29, 0.717) is 34.1 Å². The Balaban J connectivity index is 0.000000192. The second-order valence-electron chi connectivity index (χ2n) is 11.8. The number of carboxylic acid groups (broad SMARTS) is 1. The molecule has 13 nitrogen and oxygen atoms in total. The quantitative estimate of drug-likeness (QED) is 0.113. The number of likely N-dealkylation sites (tertiary alicyclic amines) is 1. The topological polar surface area (TPSA) is 158 Å². The average Bonchev–Trinajstić information content (AvgIpc) is 3.90. The van der Waals surface area contributed by atoms with Crippen LogP contribution in [0.25, 0.3) is 10.6 Å². The average molecular weight is 709 g/mol. The Kier molecular flexibility index (Phi) is 11.5. The van der Waals surface area contributed by atoms with Crippen molar-refractivity contribution in [2.75, 3.05) is 20.2 Å². The summed E-state index contributed by atoms with van der Waals surface area (Å²) in [5, 5.41) is 27.0. The van der Waals surface area contributed by atoms with Crippen molar-refractivity contribution in [2.45, 2.75) is 51.9 Å². The highest BCUT2D eigenvalue weighted by atomic mass is 35.5. The standard InChI is InChI=1S/C21H29N3O2.C13H8ClN3O5S/c1-16(2)23-12-9-18(10-13-23)22-21(25)20-8-5-11-24(20)15-17-6-4-7-19(14-17)26-3;14-12-2-1-11(23-12)10-3-7(15-22-10)5-16-6-8(17(20)21)4-9(16)13(18)19/h4-8,11,14,16,18H,9-10,12-13,15H2,1-3H3,(H,22,25);1-4,6H,5H2,(H,18,19). The van der Waals surface area contributed by atoms with E-state index in [9.17, 15) is 19.7 Å². The van der Waals surface area contributed by atoms with E-state index in [4.69, 9.17) is 26.0 Å². The number of halogens is 1. The van der Waals surface area contributed by atoms with Crippen LogP contribution in [0.1, 0.15) is 58.9 Å². The van der Waals surface area contributed by atoms with E-state index in [1.807, 2.05) is 47.2 Å². The predicted octanol–water partition coefficient (Wildman–Crippen LogP) is 6.66. The largest absolute Gasteiger partial charge is 0.497 e. The molecule has 15 heteroatoms. The first kappa shape index (κ1) is 35.4. The summed E-state index contributed by atoms with van der Waals surface area (Å²) >= 11 is 7.18. The van der Waals surface area contributed by atoms with Crippen molar-refractivity contribution in [3.05, 3.63) is 110 Å². The van der Waals surface area contributed by atoms with Crippen molar-refractivity contribution in [3.8, 4) is 16.4 Å². The molecular formula is C34H37ClN6O7S. The summed E-state index contributed by atoms with van der Waals surface area (Å²) in [7, 11) is 1.66. The molecule has 258 valence electrons. The summed E-state index contributed by atoms with van der Waals surface area (Å²) in [4.78, 5) is 37.3. The maximum absolute atomic E-state index is 12.8. The number of hydrogen-bond donors (Lipinski definition) is 2. The number of aromatic nitrogens is 3. The highest BCUT2D eigenvalue weighted by molar-refractivity contribution is 7.19. The maximum Gasteiger partial charge on any atom is 0.352 e. The number of benzene rings is 1. The van der Waals surface area contributed by atoms with Crippen LogP contribution in [-0.2, 0) is 13.1 Å². The molecule has 0 spiro atoms. The molecule has 1 saturated heterocycles. The fourth-order valence-corrected chi connectivity index (χ4v) is 6.56. The van der Waals surface area contributed by atoms with Crippen LogP contribution >= 0.6 is 22.9 Å². The number of nitrogens with one attached hydrogen (secondary N) is 1. The van der Waals surface area contributed by atoms with Gasteiger partial charge in [0.2, 0.25) is 0 Å². The SMILES string of the molecule is COc1cccc(Cn2cccc2C(=O)NC2CCN(C(C)C)CC2)c1.O=C(O)c1cc([N+](=O)[O-])cn1Cc1cc(-c2ccc(Cl)s2)on1. The normalized spacial score (nSPS) is 13.6. The van der Waals surface area contributed by atoms with E-state index in [1.165, 1.54) is 15.9 Å². The van der Waals surface area contributed by atoms with Gasteiger partial charge >= 0.3 is 5.97 Å². The number of piperidine rings is 1. The molecule has 1 aliphatic rings. The lowest BCUT2D eigenvalue weighted by molar-refractivity contribution is -0.384. The molecule has 4 aromatic heterocycles. The first-order valence-electron chi connectivity index (χ1n) is 15.6. The number of carbonyl (C=O) groups excluding carboxylic acids is 1. The second-order valence-corrected chi connectivity index (χ2v) is 13.5. The Bertz CT molecular complexity index is 1900. The van der Waals surface area contributed by atoms with Crippen LogP contribution in [0.3, 0.4) is 0 Å². The number of ether oxygens (including phenoxy) is 1. The molecule has 1 aromatic carbocycles. The highest BCUT2D eigenvalue weighted by Crippen LogP contribution is 2.31. The van der Waals surface area contributed by atoms with Crippen LogP contribution in [0.5, 0.6) is 5.75 Å². The maximum atomic E-state index is 12.8. The van der Waals surface area contributed by atoms with Crippen LogP contribution in [-0.4, -0.2) is 73.4 Å². The van der Waals surface area contributed by atoms with Crippen molar-refractivity contribution in [2.24, 2.45) is 0 Å². The molecule has 5 aromatic rings. The van der Waals surface area contributed by atoms with Crippen molar-refractivity contribution < 1.29 is 28.9 Å². The van der Waals surface area contributed by atoms with Crippen LogP contribution in [0.15, 0.2) is 77.6 Å². The minimum atomic E-state index is -1.26. The summed E-state index contributed by atoms with van der Waals surface area (Å²) in [6.07, 6.45) is 5.14. The Morgan fingerprint density at radius 3 is 2.53 bits per heavy atom. The van der Waals surface area contributed by atoms with Crippen molar-refractivity contribution in [1.82, 2.24) is 24.5 Å². The Labute approximate surface area is 291 Å². The minimum absolute atomic E-state index is 0.0147. The third-order valence-corrected chi connectivity index (χ3v) is 9.41. The summed E-state index contributed by atoms with van der Waals surface area (Å²) in [5.41, 5.74) is 1.77. The summed E-state index contributed by atoms with van der Waals surface area (Å²) < 4.78 is 14.3. The third kappa shape index (κ3) is 9.16. The van der Waals surface area contributed by atoms with Crippen LogP contribution in [0, 0.1) is 10.1 Å². The first-order chi connectivity index (χ1) is 23.5. The highest BCUT2D eigenvalue weighted by Gasteiger charge is 2.24. The van der Waals surface area contributed by atoms with Gasteiger partial charge < -0.3 is 33.7 Å². The summed E-state index contributed by atoms with van der Waals surface area (Å²) in [6.45, 7) is 7.24. The minimum Gasteiger partial charge on any atom is -0.497 e. The number of aromatic carboxylic acids is 1. The lowest BCUT2D eigenvalue weighted by Crippen LogP contribution is -2.46. The van der Waals surface area contributed by atoms with E-state index in [1.54, 1.807) is 25.3 Å². The molecule has 1 amide bonds. The zero-order valence-corrected chi connectivity index (χ0v) is 28.8. The van der Waals surface area contributed by atoms with E-state index < -0.39 is 10.9 Å². The van der Waals surface area contributed by atoms with Gasteiger partial charge in [-0.25, -0.2) is 4.79 Å². The zero-order chi connectivity index (χ0) is 35.1. The van der Waals surface area contributed by atoms with Crippen LogP contribution in [0.4, 0.5) is 5.69 Å². The molecule has 5 heterocycles. The van der Waals surface area contributed by atoms with Gasteiger partial charge in [-0.15, -0.1) is 11.3 Å². The predicted molar refractivity (Wildman–Crippen MR) is 186 cm³/mol. The third-order valence-electron chi connectivity index (χ3n) is 8.16. The van der Waals surface area contributed by atoms with Crippen LogP contribution in [0.2, 0.25) is 4.34 Å². The van der Waals surface area contributed by atoms with Gasteiger partial charge in [0, 0.05) is 50.0 Å². The molecule has 49 heavy (non-hydrogen) atoms. The fraction of sp³-hybridized carbons (Fsp3) is 0.324. The zero-order valence-electron chi connectivity index (χ0n) is 27.2. The fourth-order valence-electron chi connectivity index (χ4n) is 5.57. The molecule has 1 fully saturated rings. The number of carboxylic acids is 1. The second kappa shape index (κ2) is 16.0. The Morgan fingerprint density at radius 2 is 1.88 bits per heavy atom. The molecule has 0 bridgehead atoms. The number of thiophene rings is 1. The van der Waals surface area contributed by atoms with Crippen molar-refractivity contribution in [3.63, 3.8) is 0 Å². The molecule has 0 atom stereocenters. The van der Waals surface area contributed by atoms with Gasteiger partial charge in [-0.05, 0) is 68.7 Å². The summed E-state index contributed by atoms with van der Waals surface area (Å²) in [5.74, 6) is 0.0840. The molecule has 0 aliphatic carbocycles. The number of carbonyl (C=O) groups is 2. The van der Waals surface area contributed by atoms with Gasteiger partial charge in [0.25, 0.3) is 11.6 Å². The van der Waals surface area contributed by atoms with Gasteiger partial charge in [0.15, 0.2) is 5.76 Å². The summed E-state index contributed by atoms with van der Waals surface area (Å²) in [6, 6.07) is 18.7. The van der Waals surface area contributed by atoms with Gasteiger partial charge in [-0.2, -0.15) is 0 Å². The number of methoxy groups -OCH3 is 1. The monoisotopic (exact) mass is 708 g/mol.